The van der Waals surface area contributed by atoms with Gasteiger partial charge in [0.25, 0.3) is 0 Å². The lowest BCUT2D eigenvalue weighted by Crippen LogP contribution is -2.44. The van der Waals surface area contributed by atoms with Crippen molar-refractivity contribution in [3.63, 3.8) is 0 Å². The van der Waals surface area contributed by atoms with Crippen LogP contribution in [0.5, 0.6) is 5.88 Å². The monoisotopic (exact) mass is 244 g/mol. The van der Waals surface area contributed by atoms with Crippen molar-refractivity contribution >= 4 is 11.6 Å². The van der Waals surface area contributed by atoms with Crippen molar-refractivity contribution in [2.45, 2.75) is 25.9 Å². The molecule has 1 unspecified atom stereocenters. The lowest BCUT2D eigenvalue weighted by Gasteiger charge is -2.33. The van der Waals surface area contributed by atoms with Gasteiger partial charge in [-0.2, -0.15) is 0 Å². The first-order chi connectivity index (χ1) is 8.75. The van der Waals surface area contributed by atoms with Crippen LogP contribution in [0.2, 0.25) is 0 Å². The quantitative estimate of drug-likeness (QED) is 0.711. The maximum atomic E-state index is 12.5. The summed E-state index contributed by atoms with van der Waals surface area (Å²) >= 11 is 0. The molecule has 18 heavy (non-hydrogen) atoms. The van der Waals surface area contributed by atoms with Crippen molar-refractivity contribution in [2.75, 3.05) is 11.4 Å². The summed E-state index contributed by atoms with van der Waals surface area (Å²) in [6, 6.07) is 3.74. The lowest BCUT2D eigenvalue weighted by atomic mass is 10.0. The Balaban J connectivity index is 1.90. The number of hydrogen-bond donors (Lipinski definition) is 0. The topological polar surface area (TPSA) is 42.4 Å². The lowest BCUT2D eigenvalue weighted by molar-refractivity contribution is -0.122. The predicted molar refractivity (Wildman–Crippen MR) is 68.5 cm³/mol. The van der Waals surface area contributed by atoms with Crippen LogP contribution in [0.4, 0.5) is 5.69 Å². The molecule has 2 aliphatic rings. The molecule has 0 N–H and O–H groups in total. The van der Waals surface area contributed by atoms with Crippen molar-refractivity contribution in [3.8, 4) is 5.88 Å². The molecule has 0 spiro atoms. The Morgan fingerprint density at radius 3 is 3.00 bits per heavy atom. The minimum atomic E-state index is -0.00860. The van der Waals surface area contributed by atoms with Crippen LogP contribution < -0.4 is 9.64 Å². The molecular formula is C14H16N2O2. The number of amides is 1. The van der Waals surface area contributed by atoms with E-state index in [1.165, 1.54) is 0 Å². The van der Waals surface area contributed by atoms with Gasteiger partial charge in [-0.1, -0.05) is 12.2 Å². The summed E-state index contributed by atoms with van der Waals surface area (Å²) < 4.78 is 5.65. The minimum absolute atomic E-state index is 0.00860. The maximum Gasteiger partial charge on any atom is 0.238 e. The first-order valence-electron chi connectivity index (χ1n) is 6.34. The normalized spacial score (nSPS) is 22.7. The number of carbonyl (C=O) groups excluding carboxylic acids is 1. The zero-order valence-electron chi connectivity index (χ0n) is 10.4. The van der Waals surface area contributed by atoms with Crippen molar-refractivity contribution in [2.24, 2.45) is 5.92 Å². The molecule has 0 fully saturated rings. The average Bonchev–Trinajstić information content (AvgIpc) is 2.90. The molecular weight excluding hydrogens is 228 g/mol. The van der Waals surface area contributed by atoms with Gasteiger partial charge in [0.15, 0.2) is 0 Å². The average molecular weight is 244 g/mol. The smallest absolute Gasteiger partial charge is 0.238 e. The molecule has 1 amide bonds. The molecule has 4 heteroatoms. The largest absolute Gasteiger partial charge is 0.471 e. The Bertz CT molecular complexity index is 490. The molecule has 1 aliphatic carbocycles. The number of anilines is 1. The molecule has 94 valence electrons. The van der Waals surface area contributed by atoms with Crippen LogP contribution in [0.15, 0.2) is 30.5 Å². The molecule has 3 rings (SSSR count). The second-order valence-corrected chi connectivity index (χ2v) is 4.84. The highest BCUT2D eigenvalue weighted by molar-refractivity contribution is 5.97. The molecule has 0 saturated carbocycles. The molecule has 0 aromatic carbocycles. The van der Waals surface area contributed by atoms with E-state index in [-0.39, 0.29) is 17.9 Å². The van der Waals surface area contributed by atoms with E-state index in [1.807, 2.05) is 24.0 Å². The summed E-state index contributed by atoms with van der Waals surface area (Å²) in [4.78, 5) is 18.5. The molecule has 1 aromatic heterocycles. The minimum Gasteiger partial charge on any atom is -0.471 e. The second kappa shape index (κ2) is 4.44. The van der Waals surface area contributed by atoms with Gasteiger partial charge in [0.2, 0.25) is 11.8 Å². The van der Waals surface area contributed by atoms with E-state index in [2.05, 4.69) is 17.1 Å². The number of aromatic nitrogens is 1. The number of carbonyl (C=O) groups is 1. The summed E-state index contributed by atoms with van der Waals surface area (Å²) in [7, 11) is 0. The zero-order chi connectivity index (χ0) is 12.5. The van der Waals surface area contributed by atoms with Gasteiger partial charge in [-0.05, 0) is 31.9 Å². The van der Waals surface area contributed by atoms with Gasteiger partial charge >= 0.3 is 0 Å². The summed E-state index contributed by atoms with van der Waals surface area (Å²) in [6.07, 6.45) is 7.54. The number of allylic oxidation sites excluding steroid dienone is 2. The van der Waals surface area contributed by atoms with E-state index >= 15 is 0 Å². The third kappa shape index (κ3) is 1.88. The van der Waals surface area contributed by atoms with Gasteiger partial charge < -0.3 is 9.64 Å². The molecule has 0 bridgehead atoms. The van der Waals surface area contributed by atoms with Crippen LogP contribution in [0.25, 0.3) is 0 Å². The van der Waals surface area contributed by atoms with Crippen molar-refractivity contribution in [3.05, 3.63) is 30.5 Å². The highest BCUT2D eigenvalue weighted by atomic mass is 16.5. The number of fused-ring (bicyclic) bond motifs is 1. The Kier molecular flexibility index (Phi) is 2.78. The van der Waals surface area contributed by atoms with Gasteiger partial charge in [0.05, 0.1) is 6.54 Å². The van der Waals surface area contributed by atoms with Crippen LogP contribution in [0.1, 0.15) is 19.8 Å². The van der Waals surface area contributed by atoms with Gasteiger partial charge in [-0.25, -0.2) is 4.98 Å². The fourth-order valence-electron chi connectivity index (χ4n) is 2.51. The van der Waals surface area contributed by atoms with E-state index < -0.39 is 0 Å². The van der Waals surface area contributed by atoms with E-state index in [0.717, 1.165) is 18.5 Å². The van der Waals surface area contributed by atoms with Crippen LogP contribution in [0, 0.1) is 5.92 Å². The van der Waals surface area contributed by atoms with Gasteiger partial charge in [0.1, 0.15) is 11.8 Å². The van der Waals surface area contributed by atoms with Crippen molar-refractivity contribution in [1.29, 1.82) is 0 Å². The molecule has 2 heterocycles. The van der Waals surface area contributed by atoms with Crippen molar-refractivity contribution in [1.82, 2.24) is 4.98 Å². The summed E-state index contributed by atoms with van der Waals surface area (Å²) in [6.45, 7) is 2.57. The van der Waals surface area contributed by atoms with Crippen LogP contribution in [0.3, 0.4) is 0 Å². The van der Waals surface area contributed by atoms with E-state index in [0.29, 0.717) is 12.4 Å². The van der Waals surface area contributed by atoms with Gasteiger partial charge in [-0.3, -0.25) is 4.79 Å². The first kappa shape index (κ1) is 11.3. The fraction of sp³-hybridized carbons (Fsp3) is 0.429. The second-order valence-electron chi connectivity index (χ2n) is 4.84. The zero-order valence-corrected chi connectivity index (χ0v) is 10.4. The fourth-order valence-corrected chi connectivity index (χ4v) is 2.51. The Morgan fingerprint density at radius 2 is 2.22 bits per heavy atom. The Labute approximate surface area is 106 Å². The maximum absolute atomic E-state index is 12.5. The number of pyridine rings is 1. The number of rotatable bonds is 1. The summed E-state index contributed by atoms with van der Waals surface area (Å²) in [5.74, 6) is 0.836. The van der Waals surface area contributed by atoms with E-state index in [4.69, 9.17) is 4.74 Å². The molecule has 1 aliphatic heterocycles. The summed E-state index contributed by atoms with van der Waals surface area (Å²) in [5, 5.41) is 0. The van der Waals surface area contributed by atoms with Gasteiger partial charge in [-0.15, -0.1) is 0 Å². The third-order valence-electron chi connectivity index (χ3n) is 3.42. The predicted octanol–water partition coefficient (Wildman–Crippen LogP) is 2.16. The van der Waals surface area contributed by atoms with Gasteiger partial charge in [0, 0.05) is 12.1 Å². The molecule has 0 saturated heterocycles. The molecule has 0 radical (unpaired) electrons. The SMILES string of the molecule is CC1CN(C(=O)C2CC=CC2)c2cccnc2O1. The standard InChI is InChI=1S/C14H16N2O2/c1-10-9-16(14(17)11-5-2-3-6-11)12-7-4-8-15-13(12)18-10/h2-4,7-8,10-11H,5-6,9H2,1H3. The number of nitrogens with zero attached hydrogens (tertiary/aromatic N) is 2. The molecule has 4 nitrogen and oxygen atoms in total. The van der Waals surface area contributed by atoms with Crippen LogP contribution in [-0.2, 0) is 4.79 Å². The third-order valence-corrected chi connectivity index (χ3v) is 3.42. The van der Waals surface area contributed by atoms with Crippen LogP contribution >= 0.6 is 0 Å². The Morgan fingerprint density at radius 1 is 1.44 bits per heavy atom. The Hall–Kier alpha value is -1.84. The highest BCUT2D eigenvalue weighted by Gasteiger charge is 2.32. The molecule has 1 aromatic rings. The van der Waals surface area contributed by atoms with Crippen molar-refractivity contribution < 1.29 is 9.53 Å². The first-order valence-corrected chi connectivity index (χ1v) is 6.34. The van der Waals surface area contributed by atoms with E-state index in [1.54, 1.807) is 6.20 Å². The number of ether oxygens (including phenoxy) is 1. The molecule has 1 atom stereocenters. The highest BCUT2D eigenvalue weighted by Crippen LogP contribution is 2.33. The summed E-state index contributed by atoms with van der Waals surface area (Å²) in [5.41, 5.74) is 0.799. The number of hydrogen-bond acceptors (Lipinski definition) is 3. The van der Waals surface area contributed by atoms with E-state index in [9.17, 15) is 4.79 Å². The van der Waals surface area contributed by atoms with Crippen LogP contribution in [-0.4, -0.2) is 23.5 Å².